The van der Waals surface area contributed by atoms with Gasteiger partial charge in [-0.15, -0.1) is 32.9 Å². The van der Waals surface area contributed by atoms with E-state index in [1.165, 1.54) is 34.0 Å². The number of anilines is 2. The lowest BCUT2D eigenvalue weighted by Gasteiger charge is -1.99. The molecule has 0 bridgehead atoms. The van der Waals surface area contributed by atoms with Crippen LogP contribution in [0.5, 0.6) is 0 Å². The Kier molecular flexibility index (Phi) is 5.51. The molecule has 0 saturated heterocycles. The number of amides is 2. The van der Waals surface area contributed by atoms with Crippen LogP contribution in [-0.4, -0.2) is 27.0 Å². The number of thiazole rings is 1. The van der Waals surface area contributed by atoms with Gasteiger partial charge in [-0.3, -0.25) is 14.9 Å². The van der Waals surface area contributed by atoms with Crippen molar-refractivity contribution >= 4 is 56.1 Å². The van der Waals surface area contributed by atoms with Crippen LogP contribution < -0.4 is 10.6 Å². The first-order valence-corrected chi connectivity index (χ1v) is 10.7. The molecule has 0 saturated carbocycles. The van der Waals surface area contributed by atoms with Gasteiger partial charge in [-0.25, -0.2) is 4.98 Å². The van der Waals surface area contributed by atoms with E-state index in [-0.39, 0.29) is 18.2 Å². The first kappa shape index (κ1) is 18.4. The van der Waals surface area contributed by atoms with E-state index in [4.69, 9.17) is 0 Å². The minimum absolute atomic E-state index is 0.0889. The lowest BCUT2D eigenvalue weighted by atomic mass is 10.2. The van der Waals surface area contributed by atoms with Crippen molar-refractivity contribution in [3.63, 3.8) is 0 Å². The molecule has 0 aliphatic rings. The number of nitrogens with one attached hydrogen (secondary N) is 2. The number of hydrogen-bond acceptors (Lipinski definition) is 8. The van der Waals surface area contributed by atoms with E-state index in [1.54, 1.807) is 11.4 Å². The van der Waals surface area contributed by atoms with Crippen molar-refractivity contribution in [3.05, 3.63) is 63.8 Å². The summed E-state index contributed by atoms with van der Waals surface area (Å²) in [4.78, 5) is 29.2. The molecule has 140 valence electrons. The Hall–Kier alpha value is -2.95. The van der Waals surface area contributed by atoms with Gasteiger partial charge < -0.3 is 5.32 Å². The van der Waals surface area contributed by atoms with Gasteiger partial charge in [-0.05, 0) is 11.4 Å². The minimum atomic E-state index is -0.239. The van der Waals surface area contributed by atoms with Gasteiger partial charge in [0.25, 0.3) is 5.91 Å². The molecule has 4 aromatic rings. The molecule has 2 amide bonds. The van der Waals surface area contributed by atoms with Crippen LogP contribution in [0.25, 0.3) is 10.6 Å². The molecule has 28 heavy (non-hydrogen) atoms. The summed E-state index contributed by atoms with van der Waals surface area (Å²) in [6.07, 6.45) is 0.0889. The Morgan fingerprint density at radius 3 is 2.57 bits per heavy atom. The van der Waals surface area contributed by atoms with Gasteiger partial charge in [0.15, 0.2) is 5.13 Å². The van der Waals surface area contributed by atoms with E-state index in [1.807, 2.05) is 41.8 Å². The summed E-state index contributed by atoms with van der Waals surface area (Å²) in [6, 6.07) is 13.2. The fourth-order valence-corrected chi connectivity index (χ4v) is 4.40. The maximum atomic E-state index is 12.3. The van der Waals surface area contributed by atoms with Crippen LogP contribution >= 0.6 is 34.0 Å². The average molecular weight is 428 g/mol. The number of rotatable bonds is 6. The van der Waals surface area contributed by atoms with Crippen molar-refractivity contribution in [1.82, 2.24) is 15.2 Å². The molecule has 7 nitrogen and oxygen atoms in total. The molecule has 0 aliphatic carbocycles. The van der Waals surface area contributed by atoms with Crippen LogP contribution in [0.4, 0.5) is 10.3 Å². The second-order valence-electron chi connectivity index (χ2n) is 5.58. The minimum Gasteiger partial charge on any atom is -0.300 e. The van der Waals surface area contributed by atoms with Gasteiger partial charge in [0.2, 0.25) is 11.0 Å². The fourth-order valence-electron chi connectivity index (χ4n) is 2.31. The van der Waals surface area contributed by atoms with Gasteiger partial charge >= 0.3 is 0 Å². The van der Waals surface area contributed by atoms with E-state index < -0.39 is 0 Å². The summed E-state index contributed by atoms with van der Waals surface area (Å²) in [5, 5.41) is 18.8. The predicted molar refractivity (Wildman–Crippen MR) is 112 cm³/mol. The highest BCUT2D eigenvalue weighted by Gasteiger charge is 2.14. The average Bonchev–Trinajstić information content (AvgIpc) is 3.44. The molecule has 0 fully saturated rings. The molecule has 0 atom stereocenters. The van der Waals surface area contributed by atoms with E-state index in [9.17, 15) is 9.59 Å². The lowest BCUT2D eigenvalue weighted by molar-refractivity contribution is -0.115. The van der Waals surface area contributed by atoms with Gasteiger partial charge in [0, 0.05) is 10.9 Å². The Bertz CT molecular complexity index is 1090. The molecular weight excluding hydrogens is 414 g/mol. The normalized spacial score (nSPS) is 10.6. The molecule has 0 spiro atoms. The zero-order valence-electron chi connectivity index (χ0n) is 14.3. The number of benzene rings is 1. The van der Waals surface area contributed by atoms with Crippen molar-refractivity contribution in [3.8, 4) is 10.6 Å². The van der Waals surface area contributed by atoms with E-state index >= 15 is 0 Å². The van der Waals surface area contributed by atoms with Gasteiger partial charge in [-0.2, -0.15) is 0 Å². The number of thiophene rings is 1. The number of nitrogens with zero attached hydrogens (tertiary/aromatic N) is 3. The number of hydrogen-bond donors (Lipinski definition) is 2. The fraction of sp³-hybridized carbons (Fsp3) is 0.0556. The smallest absolute Gasteiger partial charge is 0.267 e. The quantitative estimate of drug-likeness (QED) is 0.482. The van der Waals surface area contributed by atoms with Crippen molar-refractivity contribution in [1.29, 1.82) is 0 Å². The third-order valence-corrected chi connectivity index (χ3v) is 6.11. The second kappa shape index (κ2) is 8.38. The molecule has 1 aromatic carbocycles. The Balaban J connectivity index is 1.34. The summed E-state index contributed by atoms with van der Waals surface area (Å²) in [6.45, 7) is 0. The van der Waals surface area contributed by atoms with E-state index in [0.717, 1.165) is 10.6 Å². The maximum Gasteiger partial charge on any atom is 0.267 e. The monoisotopic (exact) mass is 427 g/mol. The summed E-state index contributed by atoms with van der Waals surface area (Å²) >= 11 is 3.95. The molecule has 2 N–H and O–H groups in total. The largest absolute Gasteiger partial charge is 0.300 e. The van der Waals surface area contributed by atoms with Crippen molar-refractivity contribution in [2.45, 2.75) is 6.42 Å². The summed E-state index contributed by atoms with van der Waals surface area (Å²) in [7, 11) is 0. The van der Waals surface area contributed by atoms with Crippen molar-refractivity contribution in [2.75, 3.05) is 10.6 Å². The van der Waals surface area contributed by atoms with Gasteiger partial charge in [-0.1, -0.05) is 47.7 Å². The van der Waals surface area contributed by atoms with Crippen molar-refractivity contribution < 1.29 is 9.59 Å². The molecular formula is C18H13N5O2S3. The number of carbonyl (C=O) groups is 2. The number of carbonyl (C=O) groups excluding carboxylic acids is 2. The van der Waals surface area contributed by atoms with E-state index in [2.05, 4.69) is 25.8 Å². The molecule has 0 radical (unpaired) electrons. The summed E-state index contributed by atoms with van der Waals surface area (Å²) in [5.41, 5.74) is 1.53. The number of aromatic nitrogens is 3. The topological polar surface area (TPSA) is 96.9 Å². The molecule has 0 unspecified atom stereocenters. The Morgan fingerprint density at radius 2 is 1.79 bits per heavy atom. The van der Waals surface area contributed by atoms with Gasteiger partial charge in [0.05, 0.1) is 17.0 Å². The molecule has 3 aromatic heterocycles. The SMILES string of the molecule is O=C(Cc1csc(NC(=O)c2cccs2)n1)Nc1nnc(-c2ccccc2)s1. The third-order valence-electron chi connectivity index (χ3n) is 3.55. The third kappa shape index (κ3) is 4.47. The zero-order valence-corrected chi connectivity index (χ0v) is 16.7. The van der Waals surface area contributed by atoms with Crippen LogP contribution in [-0.2, 0) is 11.2 Å². The second-order valence-corrected chi connectivity index (χ2v) is 8.36. The summed E-state index contributed by atoms with van der Waals surface area (Å²) < 4.78 is 0. The van der Waals surface area contributed by atoms with Crippen LogP contribution in [0.15, 0.2) is 53.2 Å². The zero-order chi connectivity index (χ0) is 19.3. The maximum absolute atomic E-state index is 12.3. The van der Waals surface area contributed by atoms with Crippen molar-refractivity contribution in [2.24, 2.45) is 0 Å². The Morgan fingerprint density at radius 1 is 0.929 bits per heavy atom. The van der Waals surface area contributed by atoms with Crippen LogP contribution in [0.1, 0.15) is 15.4 Å². The first-order valence-electron chi connectivity index (χ1n) is 8.15. The molecule has 10 heteroatoms. The highest BCUT2D eigenvalue weighted by atomic mass is 32.1. The predicted octanol–water partition coefficient (Wildman–Crippen LogP) is 4.16. The van der Waals surface area contributed by atoms with E-state index in [0.29, 0.717) is 20.8 Å². The summed E-state index contributed by atoms with van der Waals surface area (Å²) in [5.74, 6) is -0.445. The molecule has 4 rings (SSSR count). The molecule has 0 aliphatic heterocycles. The van der Waals surface area contributed by atoms with Crippen LogP contribution in [0.2, 0.25) is 0 Å². The molecule has 3 heterocycles. The van der Waals surface area contributed by atoms with Gasteiger partial charge in [0.1, 0.15) is 5.01 Å². The Labute approximate surface area is 172 Å². The van der Waals surface area contributed by atoms with Crippen LogP contribution in [0, 0.1) is 0 Å². The van der Waals surface area contributed by atoms with Crippen LogP contribution in [0.3, 0.4) is 0 Å². The lowest BCUT2D eigenvalue weighted by Crippen LogP contribution is -2.15. The standard InChI is InChI=1S/C18H13N5O2S3/c24-14(20-18-23-22-16(28-18)11-5-2-1-3-6-11)9-12-10-27-17(19-12)21-15(25)13-7-4-8-26-13/h1-8,10H,9H2,(H,19,21,25)(H,20,23,24). The highest BCUT2D eigenvalue weighted by Crippen LogP contribution is 2.26. The highest BCUT2D eigenvalue weighted by molar-refractivity contribution is 7.18. The first-order chi connectivity index (χ1) is 13.7.